The number of hydrogen-bond donors (Lipinski definition) is 2. The lowest BCUT2D eigenvalue weighted by Crippen LogP contribution is -2.39. The molecule has 1 aromatic carbocycles. The van der Waals surface area contributed by atoms with Crippen molar-refractivity contribution in [3.05, 3.63) is 29.8 Å². The van der Waals surface area contributed by atoms with E-state index in [1.165, 1.54) is 0 Å². The quantitative estimate of drug-likeness (QED) is 0.852. The van der Waals surface area contributed by atoms with Crippen molar-refractivity contribution in [2.75, 3.05) is 18.5 Å². The van der Waals surface area contributed by atoms with Gasteiger partial charge in [0.05, 0.1) is 12.6 Å². The fraction of sp³-hybridized carbons (Fsp3) is 0.500. The molecule has 98 valence electrons. The second kappa shape index (κ2) is 5.98. The average molecular weight is 248 g/mol. The maximum Gasteiger partial charge on any atom is 0.238 e. The zero-order valence-corrected chi connectivity index (χ0v) is 10.9. The van der Waals surface area contributed by atoms with Gasteiger partial charge in [-0.2, -0.15) is 0 Å². The number of aryl methyl sites for hydroxylation is 1. The summed E-state index contributed by atoms with van der Waals surface area (Å²) in [5, 5.41) is 6.11. The highest BCUT2D eigenvalue weighted by Gasteiger charge is 2.23. The molecule has 1 aliphatic heterocycles. The van der Waals surface area contributed by atoms with Crippen LogP contribution >= 0.6 is 0 Å². The summed E-state index contributed by atoms with van der Waals surface area (Å²) in [7, 11) is 0. The second-order valence-corrected chi connectivity index (χ2v) is 4.77. The van der Waals surface area contributed by atoms with E-state index in [1.54, 1.807) is 0 Å². The van der Waals surface area contributed by atoms with Gasteiger partial charge in [-0.3, -0.25) is 4.79 Å². The molecule has 0 spiro atoms. The van der Waals surface area contributed by atoms with Gasteiger partial charge in [0.2, 0.25) is 5.91 Å². The first kappa shape index (κ1) is 13.1. The Morgan fingerprint density at radius 1 is 1.50 bits per heavy atom. The van der Waals surface area contributed by atoms with E-state index in [0.717, 1.165) is 24.3 Å². The van der Waals surface area contributed by atoms with Gasteiger partial charge >= 0.3 is 0 Å². The topological polar surface area (TPSA) is 50.4 Å². The van der Waals surface area contributed by atoms with Crippen molar-refractivity contribution in [3.63, 3.8) is 0 Å². The fourth-order valence-electron chi connectivity index (χ4n) is 2.15. The molecular weight excluding hydrogens is 228 g/mol. The number of benzene rings is 1. The minimum atomic E-state index is -0.0142. The standard InChI is InChI=1S/C14H20N2O2/c1-10-4-3-5-12(8-10)16-14(17)9-15-13-6-7-18-11(13)2/h3-5,8,11,13,15H,6-7,9H2,1-2H3,(H,16,17). The number of nitrogens with one attached hydrogen (secondary N) is 2. The SMILES string of the molecule is Cc1cccc(NC(=O)CNC2CCOC2C)c1. The van der Waals surface area contributed by atoms with Crippen LogP contribution in [0, 0.1) is 6.92 Å². The number of ether oxygens (including phenoxy) is 1. The molecule has 18 heavy (non-hydrogen) atoms. The number of anilines is 1. The molecule has 0 bridgehead atoms. The molecule has 1 heterocycles. The van der Waals surface area contributed by atoms with Crippen LogP contribution in [0.2, 0.25) is 0 Å². The molecule has 1 aromatic rings. The van der Waals surface area contributed by atoms with Gasteiger partial charge in [-0.1, -0.05) is 12.1 Å². The van der Waals surface area contributed by atoms with Crippen LogP contribution < -0.4 is 10.6 Å². The Kier molecular flexibility index (Phi) is 4.33. The number of rotatable bonds is 4. The predicted octanol–water partition coefficient (Wildman–Crippen LogP) is 1.70. The molecule has 4 heteroatoms. The van der Waals surface area contributed by atoms with E-state index in [1.807, 2.05) is 38.1 Å². The Bertz CT molecular complexity index is 420. The van der Waals surface area contributed by atoms with E-state index < -0.39 is 0 Å². The Morgan fingerprint density at radius 2 is 2.33 bits per heavy atom. The Labute approximate surface area is 108 Å². The molecule has 0 radical (unpaired) electrons. The highest BCUT2D eigenvalue weighted by molar-refractivity contribution is 5.92. The molecular formula is C14H20N2O2. The molecule has 2 atom stereocenters. The first-order valence-corrected chi connectivity index (χ1v) is 6.36. The van der Waals surface area contributed by atoms with Gasteiger partial charge in [-0.25, -0.2) is 0 Å². The summed E-state index contributed by atoms with van der Waals surface area (Å²) in [4.78, 5) is 11.8. The number of carbonyl (C=O) groups is 1. The van der Waals surface area contributed by atoms with Gasteiger partial charge in [0.15, 0.2) is 0 Å². The van der Waals surface area contributed by atoms with Gasteiger partial charge in [-0.15, -0.1) is 0 Å². The van der Waals surface area contributed by atoms with E-state index in [2.05, 4.69) is 10.6 Å². The third kappa shape index (κ3) is 3.55. The minimum absolute atomic E-state index is 0.0142. The summed E-state index contributed by atoms with van der Waals surface area (Å²) >= 11 is 0. The smallest absolute Gasteiger partial charge is 0.238 e. The molecule has 1 saturated heterocycles. The Morgan fingerprint density at radius 3 is 3.00 bits per heavy atom. The molecule has 2 rings (SSSR count). The lowest BCUT2D eigenvalue weighted by atomic mass is 10.1. The second-order valence-electron chi connectivity index (χ2n) is 4.77. The zero-order chi connectivity index (χ0) is 13.0. The summed E-state index contributed by atoms with van der Waals surface area (Å²) in [5.74, 6) is -0.0142. The van der Waals surface area contributed by atoms with Crippen molar-refractivity contribution in [1.29, 1.82) is 0 Å². The average Bonchev–Trinajstić information content (AvgIpc) is 2.72. The number of hydrogen-bond acceptors (Lipinski definition) is 3. The summed E-state index contributed by atoms with van der Waals surface area (Å²) in [6.07, 6.45) is 1.16. The van der Waals surface area contributed by atoms with Crippen molar-refractivity contribution in [2.45, 2.75) is 32.4 Å². The monoisotopic (exact) mass is 248 g/mol. The third-order valence-corrected chi connectivity index (χ3v) is 3.20. The fourth-order valence-corrected chi connectivity index (χ4v) is 2.15. The van der Waals surface area contributed by atoms with Gasteiger partial charge < -0.3 is 15.4 Å². The lowest BCUT2D eigenvalue weighted by molar-refractivity contribution is -0.115. The highest BCUT2D eigenvalue weighted by Crippen LogP contribution is 2.12. The minimum Gasteiger partial charge on any atom is -0.377 e. The normalized spacial score (nSPS) is 23.0. The van der Waals surface area contributed by atoms with Crippen molar-refractivity contribution < 1.29 is 9.53 Å². The molecule has 4 nitrogen and oxygen atoms in total. The molecule has 2 unspecified atom stereocenters. The van der Waals surface area contributed by atoms with Crippen LogP contribution in [0.5, 0.6) is 0 Å². The summed E-state index contributed by atoms with van der Waals surface area (Å²) in [6.45, 7) is 5.14. The van der Waals surface area contributed by atoms with Crippen molar-refractivity contribution in [2.24, 2.45) is 0 Å². The maximum atomic E-state index is 11.8. The van der Waals surface area contributed by atoms with Gasteiger partial charge in [0.25, 0.3) is 0 Å². The van der Waals surface area contributed by atoms with E-state index in [9.17, 15) is 4.79 Å². The van der Waals surface area contributed by atoms with Gasteiger partial charge in [-0.05, 0) is 38.0 Å². The summed E-state index contributed by atoms with van der Waals surface area (Å²) < 4.78 is 5.44. The van der Waals surface area contributed by atoms with Crippen LogP contribution in [-0.4, -0.2) is 31.2 Å². The van der Waals surface area contributed by atoms with E-state index in [0.29, 0.717) is 6.54 Å². The molecule has 1 amide bonds. The van der Waals surface area contributed by atoms with Crippen LogP contribution in [0.15, 0.2) is 24.3 Å². The molecule has 1 aliphatic rings. The van der Waals surface area contributed by atoms with Gasteiger partial charge in [0, 0.05) is 18.3 Å². The van der Waals surface area contributed by atoms with Gasteiger partial charge in [0.1, 0.15) is 0 Å². The van der Waals surface area contributed by atoms with Crippen LogP contribution in [0.1, 0.15) is 18.9 Å². The Balaban J connectivity index is 1.78. The van der Waals surface area contributed by atoms with E-state index >= 15 is 0 Å². The highest BCUT2D eigenvalue weighted by atomic mass is 16.5. The van der Waals surface area contributed by atoms with E-state index in [-0.39, 0.29) is 18.1 Å². The zero-order valence-electron chi connectivity index (χ0n) is 10.9. The first-order valence-electron chi connectivity index (χ1n) is 6.36. The molecule has 0 aromatic heterocycles. The van der Waals surface area contributed by atoms with Crippen LogP contribution in [0.25, 0.3) is 0 Å². The van der Waals surface area contributed by atoms with Crippen molar-refractivity contribution >= 4 is 11.6 Å². The van der Waals surface area contributed by atoms with Crippen LogP contribution in [0.3, 0.4) is 0 Å². The maximum absolute atomic E-state index is 11.8. The van der Waals surface area contributed by atoms with Crippen LogP contribution in [-0.2, 0) is 9.53 Å². The lowest BCUT2D eigenvalue weighted by Gasteiger charge is -2.15. The predicted molar refractivity (Wildman–Crippen MR) is 71.6 cm³/mol. The summed E-state index contributed by atoms with van der Waals surface area (Å²) in [6, 6.07) is 8.08. The van der Waals surface area contributed by atoms with Crippen LogP contribution in [0.4, 0.5) is 5.69 Å². The molecule has 0 aliphatic carbocycles. The Hall–Kier alpha value is -1.39. The molecule has 1 fully saturated rings. The number of carbonyl (C=O) groups excluding carboxylic acids is 1. The molecule has 2 N–H and O–H groups in total. The van der Waals surface area contributed by atoms with Crippen molar-refractivity contribution in [1.82, 2.24) is 5.32 Å². The first-order chi connectivity index (χ1) is 8.65. The van der Waals surface area contributed by atoms with E-state index in [4.69, 9.17) is 4.74 Å². The number of amides is 1. The third-order valence-electron chi connectivity index (χ3n) is 3.20. The molecule has 0 saturated carbocycles. The summed E-state index contributed by atoms with van der Waals surface area (Å²) in [5.41, 5.74) is 1.98. The largest absolute Gasteiger partial charge is 0.377 e. The van der Waals surface area contributed by atoms with Crippen molar-refractivity contribution in [3.8, 4) is 0 Å².